The van der Waals surface area contributed by atoms with Crippen LogP contribution in [0.5, 0.6) is 0 Å². The van der Waals surface area contributed by atoms with E-state index < -0.39 is 11.5 Å². The highest BCUT2D eigenvalue weighted by atomic mass is 16.5. The van der Waals surface area contributed by atoms with Crippen molar-refractivity contribution < 1.29 is 19.1 Å². The third kappa shape index (κ3) is 3.20. The van der Waals surface area contributed by atoms with Gasteiger partial charge in [0.25, 0.3) is 0 Å². The Labute approximate surface area is 125 Å². The highest BCUT2D eigenvalue weighted by Crippen LogP contribution is 2.30. The van der Waals surface area contributed by atoms with Gasteiger partial charge >= 0.3 is 0 Å². The predicted molar refractivity (Wildman–Crippen MR) is 76.5 cm³/mol. The van der Waals surface area contributed by atoms with E-state index in [0.29, 0.717) is 32.9 Å². The molecule has 0 saturated carbocycles. The van der Waals surface area contributed by atoms with Crippen molar-refractivity contribution in [3.63, 3.8) is 0 Å². The number of carbonyl (C=O) groups excluding carboxylic acids is 2. The maximum Gasteiger partial charge on any atom is 0.245 e. The average molecular weight is 299 g/mol. The lowest BCUT2D eigenvalue weighted by Crippen LogP contribution is -2.61. The molecule has 2 heterocycles. The first-order chi connectivity index (χ1) is 10.0. The van der Waals surface area contributed by atoms with E-state index in [1.807, 2.05) is 13.8 Å². The van der Waals surface area contributed by atoms with Crippen LogP contribution < -0.4 is 11.1 Å². The third-order valence-corrected chi connectivity index (χ3v) is 4.25. The molecule has 2 aliphatic heterocycles. The van der Waals surface area contributed by atoms with Gasteiger partial charge in [0.2, 0.25) is 11.8 Å². The Morgan fingerprint density at radius 2 is 2.14 bits per heavy atom. The average Bonchev–Trinajstić information content (AvgIpc) is 2.84. The standard InChI is InChI=1S/C14H25N3O4/c1-3-4-16-12(18)10-7-20-6-5-17(10)13(19)14(2)9-21-8-11(14)15/h10-11H,3-9,15H2,1-2H3,(H,16,18). The monoisotopic (exact) mass is 299 g/mol. The van der Waals surface area contributed by atoms with Crippen molar-refractivity contribution in [3.8, 4) is 0 Å². The van der Waals surface area contributed by atoms with Crippen molar-refractivity contribution >= 4 is 11.8 Å². The third-order valence-electron chi connectivity index (χ3n) is 4.25. The second-order valence-corrected chi connectivity index (χ2v) is 5.92. The van der Waals surface area contributed by atoms with E-state index in [2.05, 4.69) is 5.32 Å². The van der Waals surface area contributed by atoms with Gasteiger partial charge in [-0.05, 0) is 13.3 Å². The van der Waals surface area contributed by atoms with Crippen molar-refractivity contribution in [1.82, 2.24) is 10.2 Å². The Bertz CT molecular complexity index is 404. The Hall–Kier alpha value is -1.18. The fourth-order valence-electron chi connectivity index (χ4n) is 2.67. The van der Waals surface area contributed by atoms with Crippen LogP contribution in [-0.2, 0) is 19.1 Å². The number of morpholine rings is 1. The topological polar surface area (TPSA) is 93.9 Å². The highest BCUT2D eigenvalue weighted by Gasteiger charge is 2.49. The van der Waals surface area contributed by atoms with Gasteiger partial charge in [0, 0.05) is 19.1 Å². The van der Waals surface area contributed by atoms with Gasteiger partial charge in [0.15, 0.2) is 0 Å². The maximum atomic E-state index is 12.9. The summed E-state index contributed by atoms with van der Waals surface area (Å²) in [5.74, 6) is -0.284. The van der Waals surface area contributed by atoms with E-state index in [1.54, 1.807) is 4.90 Å². The number of rotatable bonds is 4. The van der Waals surface area contributed by atoms with Crippen molar-refractivity contribution in [2.45, 2.75) is 32.4 Å². The molecule has 0 aromatic heterocycles. The van der Waals surface area contributed by atoms with Crippen LogP contribution in [0.15, 0.2) is 0 Å². The molecule has 2 saturated heterocycles. The highest BCUT2D eigenvalue weighted by molar-refractivity contribution is 5.91. The van der Waals surface area contributed by atoms with Gasteiger partial charge in [-0.2, -0.15) is 0 Å². The minimum Gasteiger partial charge on any atom is -0.379 e. The van der Waals surface area contributed by atoms with Crippen molar-refractivity contribution in [3.05, 3.63) is 0 Å². The summed E-state index contributed by atoms with van der Waals surface area (Å²) in [6.07, 6.45) is 0.851. The van der Waals surface area contributed by atoms with Gasteiger partial charge in [-0.1, -0.05) is 6.92 Å². The molecule has 0 spiro atoms. The van der Waals surface area contributed by atoms with Crippen LogP contribution in [0.1, 0.15) is 20.3 Å². The molecule has 0 aromatic rings. The second-order valence-electron chi connectivity index (χ2n) is 5.92. The van der Waals surface area contributed by atoms with Crippen LogP contribution in [0.4, 0.5) is 0 Å². The molecule has 7 nitrogen and oxygen atoms in total. The lowest BCUT2D eigenvalue weighted by molar-refractivity contribution is -0.156. The maximum absolute atomic E-state index is 12.9. The summed E-state index contributed by atoms with van der Waals surface area (Å²) in [6.45, 7) is 6.14. The molecule has 7 heteroatoms. The summed E-state index contributed by atoms with van der Waals surface area (Å²) in [5.41, 5.74) is 5.26. The first-order valence-corrected chi connectivity index (χ1v) is 7.50. The van der Waals surface area contributed by atoms with Gasteiger partial charge in [-0.15, -0.1) is 0 Å². The lowest BCUT2D eigenvalue weighted by atomic mass is 9.83. The number of ether oxygens (including phenoxy) is 2. The zero-order valence-electron chi connectivity index (χ0n) is 12.8. The minimum atomic E-state index is -0.763. The predicted octanol–water partition coefficient (Wildman–Crippen LogP) is -0.896. The fourth-order valence-corrected chi connectivity index (χ4v) is 2.67. The van der Waals surface area contributed by atoms with Gasteiger partial charge in [0.1, 0.15) is 6.04 Å². The zero-order chi connectivity index (χ0) is 15.5. The number of amides is 2. The quantitative estimate of drug-likeness (QED) is 0.702. The number of nitrogens with one attached hydrogen (secondary N) is 1. The summed E-state index contributed by atoms with van der Waals surface area (Å²) in [7, 11) is 0. The van der Waals surface area contributed by atoms with Crippen molar-refractivity contribution in [2.24, 2.45) is 11.1 Å². The smallest absolute Gasteiger partial charge is 0.245 e. The summed E-state index contributed by atoms with van der Waals surface area (Å²) >= 11 is 0. The number of hydrogen-bond donors (Lipinski definition) is 2. The molecule has 0 radical (unpaired) electrons. The summed E-state index contributed by atoms with van der Waals surface area (Å²) in [6, 6.07) is -0.922. The number of nitrogens with two attached hydrogens (primary N) is 1. The molecule has 3 N–H and O–H groups in total. The molecule has 2 rings (SSSR count). The normalized spacial score (nSPS) is 33.0. The second kappa shape index (κ2) is 6.72. The van der Waals surface area contributed by atoms with Crippen LogP contribution in [0.25, 0.3) is 0 Å². The van der Waals surface area contributed by atoms with E-state index in [1.165, 1.54) is 0 Å². The molecule has 3 unspecified atom stereocenters. The number of carbonyl (C=O) groups is 2. The Balaban J connectivity index is 2.11. The van der Waals surface area contributed by atoms with Crippen LogP contribution >= 0.6 is 0 Å². The van der Waals surface area contributed by atoms with E-state index in [0.717, 1.165) is 6.42 Å². The van der Waals surface area contributed by atoms with E-state index >= 15 is 0 Å². The van der Waals surface area contributed by atoms with Gasteiger partial charge < -0.3 is 25.4 Å². The van der Waals surface area contributed by atoms with Crippen molar-refractivity contribution in [2.75, 3.05) is 39.5 Å². The van der Waals surface area contributed by atoms with E-state index in [4.69, 9.17) is 15.2 Å². The molecule has 0 aromatic carbocycles. The largest absolute Gasteiger partial charge is 0.379 e. The van der Waals surface area contributed by atoms with Gasteiger partial charge in [-0.25, -0.2) is 0 Å². The Kier molecular flexibility index (Phi) is 5.18. The first kappa shape index (κ1) is 16.2. The first-order valence-electron chi connectivity index (χ1n) is 7.50. The molecule has 3 atom stereocenters. The summed E-state index contributed by atoms with van der Waals surface area (Å²) in [5, 5.41) is 2.83. The fraction of sp³-hybridized carbons (Fsp3) is 0.857. The van der Waals surface area contributed by atoms with Crippen LogP contribution in [0.3, 0.4) is 0 Å². The van der Waals surface area contributed by atoms with E-state index in [-0.39, 0.29) is 24.5 Å². The Morgan fingerprint density at radius 1 is 1.38 bits per heavy atom. The molecule has 0 aliphatic carbocycles. The van der Waals surface area contributed by atoms with Crippen LogP contribution in [-0.4, -0.2) is 68.3 Å². The minimum absolute atomic E-state index is 0.118. The molecule has 2 fully saturated rings. The van der Waals surface area contributed by atoms with Crippen LogP contribution in [0, 0.1) is 5.41 Å². The number of hydrogen-bond acceptors (Lipinski definition) is 5. The zero-order valence-corrected chi connectivity index (χ0v) is 12.8. The molecular formula is C14H25N3O4. The molecule has 2 amide bonds. The molecule has 2 aliphatic rings. The SMILES string of the molecule is CCCNC(=O)C1COCCN1C(=O)C1(C)COCC1N. The lowest BCUT2D eigenvalue weighted by Gasteiger charge is -2.39. The molecule has 0 bridgehead atoms. The van der Waals surface area contributed by atoms with Crippen LogP contribution in [0.2, 0.25) is 0 Å². The molecule has 120 valence electrons. The van der Waals surface area contributed by atoms with E-state index in [9.17, 15) is 9.59 Å². The summed E-state index contributed by atoms with van der Waals surface area (Å²) in [4.78, 5) is 26.7. The molecule has 21 heavy (non-hydrogen) atoms. The van der Waals surface area contributed by atoms with Crippen molar-refractivity contribution in [1.29, 1.82) is 0 Å². The van der Waals surface area contributed by atoms with Gasteiger partial charge in [0.05, 0.1) is 31.8 Å². The molecular weight excluding hydrogens is 274 g/mol. The summed E-state index contributed by atoms with van der Waals surface area (Å²) < 4.78 is 10.7. The Morgan fingerprint density at radius 3 is 2.76 bits per heavy atom. The number of nitrogens with zero attached hydrogens (tertiary/aromatic N) is 1. The van der Waals surface area contributed by atoms with Gasteiger partial charge in [-0.3, -0.25) is 9.59 Å².